The zero-order valence-electron chi connectivity index (χ0n) is 16.4. The second kappa shape index (κ2) is 9.28. The highest BCUT2D eigenvalue weighted by molar-refractivity contribution is 6.01. The Morgan fingerprint density at radius 2 is 1.87 bits per heavy atom. The van der Waals surface area contributed by atoms with E-state index >= 15 is 0 Å². The third-order valence-corrected chi connectivity index (χ3v) is 5.11. The van der Waals surface area contributed by atoms with Crippen LogP contribution in [0.1, 0.15) is 35.2 Å². The molecule has 164 valence electrons. The fourth-order valence-corrected chi connectivity index (χ4v) is 3.48. The SMILES string of the molecule is NC1=NC2NC=C(CCc3ccc(C(=O)N[C@@H](CCC(=O)[O-])C(=O)[O-])cc3)C2C(=O)N1. The molecule has 0 radical (unpaired) electrons. The average Bonchev–Trinajstić information content (AvgIpc) is 3.12. The van der Waals surface area contributed by atoms with Gasteiger partial charge in [0.15, 0.2) is 5.96 Å². The third kappa shape index (κ3) is 5.38. The summed E-state index contributed by atoms with van der Waals surface area (Å²) in [6, 6.07) is 5.10. The maximum Gasteiger partial charge on any atom is 0.251 e. The lowest BCUT2D eigenvalue weighted by Gasteiger charge is -2.24. The zero-order chi connectivity index (χ0) is 22.5. The molecule has 11 nitrogen and oxygen atoms in total. The highest BCUT2D eigenvalue weighted by atomic mass is 16.4. The molecule has 11 heteroatoms. The molecule has 1 aromatic carbocycles. The number of aryl methyl sites for hydroxylation is 1. The second-order valence-corrected chi connectivity index (χ2v) is 7.26. The number of guanidine groups is 1. The number of benzene rings is 1. The number of carbonyl (C=O) groups excluding carboxylic acids is 4. The summed E-state index contributed by atoms with van der Waals surface area (Å²) in [4.78, 5) is 50.2. The number of rotatable bonds is 9. The maximum atomic E-state index is 12.3. The molecule has 31 heavy (non-hydrogen) atoms. The van der Waals surface area contributed by atoms with Crippen LogP contribution in [0.15, 0.2) is 41.0 Å². The maximum absolute atomic E-state index is 12.3. The molecule has 2 amide bonds. The number of carboxylic acid groups (broad SMARTS) is 2. The first-order valence-corrected chi connectivity index (χ1v) is 9.64. The number of nitrogens with zero attached hydrogens (tertiary/aromatic N) is 1. The van der Waals surface area contributed by atoms with E-state index in [0.717, 1.165) is 11.1 Å². The van der Waals surface area contributed by atoms with Crippen molar-refractivity contribution in [3.63, 3.8) is 0 Å². The molecule has 0 aromatic heterocycles. The van der Waals surface area contributed by atoms with E-state index in [1.54, 1.807) is 18.3 Å². The topological polar surface area (TPSA) is 189 Å². The van der Waals surface area contributed by atoms with Crippen LogP contribution < -0.4 is 31.9 Å². The summed E-state index contributed by atoms with van der Waals surface area (Å²) in [5, 5.41) is 29.4. The number of carbonyl (C=O) groups is 4. The van der Waals surface area contributed by atoms with E-state index in [0.29, 0.717) is 12.8 Å². The summed E-state index contributed by atoms with van der Waals surface area (Å²) in [5.74, 6) is -4.17. The van der Waals surface area contributed by atoms with Crippen molar-refractivity contribution in [2.45, 2.75) is 37.9 Å². The van der Waals surface area contributed by atoms with Gasteiger partial charge in [0.2, 0.25) is 5.91 Å². The molecule has 2 unspecified atom stereocenters. The van der Waals surface area contributed by atoms with Crippen molar-refractivity contribution < 1.29 is 29.4 Å². The molecule has 3 rings (SSSR count). The van der Waals surface area contributed by atoms with Crippen molar-refractivity contribution in [1.29, 1.82) is 0 Å². The summed E-state index contributed by atoms with van der Waals surface area (Å²) in [6.07, 6.45) is 1.73. The van der Waals surface area contributed by atoms with Gasteiger partial charge in [0.25, 0.3) is 5.91 Å². The summed E-state index contributed by atoms with van der Waals surface area (Å²) in [7, 11) is 0. The third-order valence-electron chi connectivity index (χ3n) is 5.11. The summed E-state index contributed by atoms with van der Waals surface area (Å²) < 4.78 is 0. The predicted molar refractivity (Wildman–Crippen MR) is 104 cm³/mol. The van der Waals surface area contributed by atoms with E-state index < -0.39 is 42.4 Å². The van der Waals surface area contributed by atoms with E-state index in [2.05, 4.69) is 20.9 Å². The summed E-state index contributed by atoms with van der Waals surface area (Å²) >= 11 is 0. The van der Waals surface area contributed by atoms with E-state index in [-0.39, 0.29) is 23.9 Å². The largest absolute Gasteiger partial charge is 0.550 e. The van der Waals surface area contributed by atoms with Crippen molar-refractivity contribution in [2.75, 3.05) is 0 Å². The molecule has 3 atom stereocenters. The highest BCUT2D eigenvalue weighted by Gasteiger charge is 2.38. The molecular weight excluding hydrogens is 406 g/mol. The number of fused-ring (bicyclic) bond motifs is 1. The fraction of sp³-hybridized carbons (Fsp3) is 0.350. The van der Waals surface area contributed by atoms with E-state index in [4.69, 9.17) is 5.73 Å². The lowest BCUT2D eigenvalue weighted by Crippen LogP contribution is -2.50. The number of hydrogen-bond donors (Lipinski definition) is 4. The van der Waals surface area contributed by atoms with Gasteiger partial charge in [-0.05, 0) is 55.2 Å². The molecule has 0 aliphatic carbocycles. The molecular formula is C20H21N5O6-2. The minimum absolute atomic E-state index is 0.0859. The number of amides is 2. The van der Waals surface area contributed by atoms with E-state index in [9.17, 15) is 29.4 Å². The van der Waals surface area contributed by atoms with Crippen LogP contribution in [-0.4, -0.2) is 41.9 Å². The Bertz CT molecular complexity index is 955. The molecule has 0 fully saturated rings. The van der Waals surface area contributed by atoms with Crippen molar-refractivity contribution in [2.24, 2.45) is 16.6 Å². The fourth-order valence-electron chi connectivity index (χ4n) is 3.48. The van der Waals surface area contributed by atoms with Crippen molar-refractivity contribution >= 4 is 29.7 Å². The lowest BCUT2D eigenvalue weighted by molar-refractivity contribution is -0.309. The molecule has 0 saturated heterocycles. The average molecular weight is 427 g/mol. The van der Waals surface area contributed by atoms with Gasteiger partial charge in [-0.3, -0.25) is 14.9 Å². The van der Waals surface area contributed by atoms with Gasteiger partial charge in [0.05, 0.1) is 12.0 Å². The minimum atomic E-state index is -1.57. The van der Waals surface area contributed by atoms with Crippen LogP contribution in [0.5, 0.6) is 0 Å². The van der Waals surface area contributed by atoms with E-state index in [1.807, 2.05) is 0 Å². The monoisotopic (exact) mass is 427 g/mol. The van der Waals surface area contributed by atoms with Crippen molar-refractivity contribution in [1.82, 2.24) is 16.0 Å². The molecule has 5 N–H and O–H groups in total. The minimum Gasteiger partial charge on any atom is -0.550 e. The number of aliphatic imine (C=N–C) groups is 1. The first-order valence-electron chi connectivity index (χ1n) is 9.64. The number of hydrogen-bond acceptors (Lipinski definition) is 9. The predicted octanol–water partition coefficient (Wildman–Crippen LogP) is -3.13. The number of carboxylic acids is 2. The van der Waals surface area contributed by atoms with Gasteiger partial charge in [0.1, 0.15) is 12.1 Å². The smallest absolute Gasteiger partial charge is 0.251 e. The normalized spacial score (nSPS) is 20.5. The van der Waals surface area contributed by atoms with Gasteiger partial charge in [-0.2, -0.15) is 0 Å². The molecule has 0 bridgehead atoms. The first-order chi connectivity index (χ1) is 14.7. The summed E-state index contributed by atoms with van der Waals surface area (Å²) in [6.45, 7) is 0. The van der Waals surface area contributed by atoms with Gasteiger partial charge < -0.3 is 36.2 Å². The Balaban J connectivity index is 1.55. The molecule has 0 saturated carbocycles. The second-order valence-electron chi connectivity index (χ2n) is 7.26. The molecule has 2 aliphatic heterocycles. The Labute approximate surface area is 177 Å². The van der Waals surface area contributed by atoms with E-state index in [1.165, 1.54) is 12.1 Å². The number of nitrogens with two attached hydrogens (primary N) is 1. The van der Waals surface area contributed by atoms with Gasteiger partial charge in [-0.15, -0.1) is 0 Å². The van der Waals surface area contributed by atoms with Crippen LogP contribution in [0.4, 0.5) is 0 Å². The van der Waals surface area contributed by atoms with Crippen molar-refractivity contribution in [3.05, 3.63) is 47.2 Å². The zero-order valence-corrected chi connectivity index (χ0v) is 16.4. The van der Waals surface area contributed by atoms with Gasteiger partial charge in [-0.25, -0.2) is 4.99 Å². The van der Waals surface area contributed by atoms with Gasteiger partial charge >= 0.3 is 0 Å². The van der Waals surface area contributed by atoms with Crippen LogP contribution in [0.25, 0.3) is 0 Å². The van der Waals surface area contributed by atoms with Crippen LogP contribution in [0.2, 0.25) is 0 Å². The molecule has 0 spiro atoms. The molecule has 2 aliphatic rings. The standard InChI is InChI=1S/C20H23N5O6/c21-20-24-16-15(18(29)25-20)12(9-22-16)6-3-10-1-4-11(5-2-10)17(28)23-13(19(30)31)7-8-14(26)27/h1-2,4-5,9,13,15-16,22H,3,6-8H2,(H,23,28)(H,26,27)(H,30,31)(H3,21,24,25,29)/p-2/t13-,15?,16?/m0/s1. The quantitative estimate of drug-likeness (QED) is 0.318. The number of nitrogens with one attached hydrogen (secondary N) is 3. The van der Waals surface area contributed by atoms with Gasteiger partial charge in [-0.1, -0.05) is 12.1 Å². The Morgan fingerprint density at radius 1 is 1.16 bits per heavy atom. The Hall–Kier alpha value is -3.89. The Kier molecular flexibility index (Phi) is 6.53. The van der Waals surface area contributed by atoms with Crippen LogP contribution in [0.3, 0.4) is 0 Å². The highest BCUT2D eigenvalue weighted by Crippen LogP contribution is 2.28. The molecule has 2 heterocycles. The van der Waals surface area contributed by atoms with Crippen LogP contribution in [0, 0.1) is 5.92 Å². The lowest BCUT2D eigenvalue weighted by atomic mass is 9.92. The molecule has 1 aromatic rings. The first kappa shape index (κ1) is 21.8. The van der Waals surface area contributed by atoms with Crippen molar-refractivity contribution in [3.8, 4) is 0 Å². The van der Waals surface area contributed by atoms with Crippen LogP contribution in [-0.2, 0) is 20.8 Å². The number of aliphatic carboxylic acids is 2. The summed E-state index contributed by atoms with van der Waals surface area (Å²) in [5.41, 5.74) is 7.59. The van der Waals surface area contributed by atoms with Crippen LogP contribution >= 0.6 is 0 Å². The van der Waals surface area contributed by atoms with Gasteiger partial charge in [0, 0.05) is 11.5 Å². The Morgan fingerprint density at radius 3 is 2.52 bits per heavy atom.